The van der Waals surface area contributed by atoms with E-state index in [0.29, 0.717) is 28.3 Å². The van der Waals surface area contributed by atoms with Crippen molar-refractivity contribution in [1.29, 1.82) is 0 Å². The number of amides is 1. The van der Waals surface area contributed by atoms with E-state index in [1.54, 1.807) is 29.5 Å². The second kappa shape index (κ2) is 7.01. The highest BCUT2D eigenvalue weighted by molar-refractivity contribution is 7.10. The van der Waals surface area contributed by atoms with Gasteiger partial charge in [-0.2, -0.15) is 0 Å². The van der Waals surface area contributed by atoms with E-state index in [2.05, 4.69) is 27.7 Å². The topological polar surface area (TPSA) is 32.3 Å². The zero-order valence-electron chi connectivity index (χ0n) is 11.9. The average molecular weight is 355 g/mol. The van der Waals surface area contributed by atoms with Crippen LogP contribution >= 0.6 is 34.5 Å². The number of hydrogen-bond donors (Lipinski definition) is 1. The third-order valence-corrected chi connectivity index (χ3v) is 5.41. The number of likely N-dealkylation sites (tertiary alicyclic amines) is 1. The van der Waals surface area contributed by atoms with Gasteiger partial charge in [0.25, 0.3) is 0 Å². The van der Waals surface area contributed by atoms with Crippen LogP contribution in [0, 0.1) is 0 Å². The molecule has 1 amide bonds. The number of rotatable bonds is 4. The van der Waals surface area contributed by atoms with Crippen LogP contribution < -0.4 is 5.32 Å². The summed E-state index contributed by atoms with van der Waals surface area (Å²) in [6.45, 7) is 1.29. The Morgan fingerprint density at radius 3 is 2.73 bits per heavy atom. The van der Waals surface area contributed by atoms with Gasteiger partial charge in [-0.25, -0.2) is 0 Å². The molecule has 3 nitrogen and oxygen atoms in total. The lowest BCUT2D eigenvalue weighted by Gasteiger charge is -2.23. The second-order valence-corrected chi connectivity index (χ2v) is 7.08. The maximum atomic E-state index is 12.3. The fraction of sp³-hybridized carbons (Fsp3) is 0.312. The Kier molecular flexibility index (Phi) is 5.03. The summed E-state index contributed by atoms with van der Waals surface area (Å²) in [5.41, 5.74) is 0.489. The highest BCUT2D eigenvalue weighted by Crippen LogP contribution is 2.34. The van der Waals surface area contributed by atoms with Gasteiger partial charge in [0, 0.05) is 10.9 Å². The first-order chi connectivity index (χ1) is 10.6. The number of halogens is 2. The summed E-state index contributed by atoms with van der Waals surface area (Å²) in [5, 5.41) is 5.82. The zero-order valence-corrected chi connectivity index (χ0v) is 14.2. The van der Waals surface area contributed by atoms with E-state index in [9.17, 15) is 4.79 Å². The smallest absolute Gasteiger partial charge is 0.238 e. The minimum Gasteiger partial charge on any atom is -0.322 e. The number of para-hydroxylation sites is 1. The molecule has 1 aliphatic rings. The number of carbonyl (C=O) groups excluding carboxylic acids is 1. The SMILES string of the molecule is O=C(CN1CCC[C@@H]1c1cccs1)Nc1c(Cl)cccc1Cl. The molecule has 116 valence electrons. The number of thiophene rings is 1. The monoisotopic (exact) mass is 354 g/mol. The van der Waals surface area contributed by atoms with Crippen molar-refractivity contribution >= 4 is 46.1 Å². The van der Waals surface area contributed by atoms with Crippen molar-refractivity contribution < 1.29 is 4.79 Å². The van der Waals surface area contributed by atoms with E-state index in [4.69, 9.17) is 23.2 Å². The predicted molar refractivity (Wildman–Crippen MR) is 93.0 cm³/mol. The summed E-state index contributed by atoms with van der Waals surface area (Å²) in [7, 11) is 0. The molecule has 2 heterocycles. The number of benzene rings is 1. The normalized spacial score (nSPS) is 18.5. The minimum atomic E-state index is -0.0848. The summed E-state index contributed by atoms with van der Waals surface area (Å²) in [6, 6.07) is 9.72. The molecule has 1 saturated heterocycles. The number of carbonyl (C=O) groups is 1. The van der Waals surface area contributed by atoms with Crippen molar-refractivity contribution in [2.45, 2.75) is 18.9 Å². The number of anilines is 1. The van der Waals surface area contributed by atoms with Gasteiger partial charge in [-0.3, -0.25) is 9.69 Å². The molecule has 22 heavy (non-hydrogen) atoms. The van der Waals surface area contributed by atoms with Crippen molar-refractivity contribution in [2.24, 2.45) is 0 Å². The fourth-order valence-electron chi connectivity index (χ4n) is 2.80. The van der Waals surface area contributed by atoms with E-state index in [-0.39, 0.29) is 5.91 Å². The van der Waals surface area contributed by atoms with Gasteiger partial charge in [0.2, 0.25) is 5.91 Å². The third-order valence-electron chi connectivity index (χ3n) is 3.81. The Morgan fingerprint density at radius 2 is 2.05 bits per heavy atom. The Morgan fingerprint density at radius 1 is 1.27 bits per heavy atom. The lowest BCUT2D eigenvalue weighted by Crippen LogP contribution is -2.32. The number of nitrogens with one attached hydrogen (secondary N) is 1. The zero-order chi connectivity index (χ0) is 15.5. The van der Waals surface area contributed by atoms with E-state index in [1.165, 1.54) is 4.88 Å². The Balaban J connectivity index is 1.67. The molecule has 3 rings (SSSR count). The quantitative estimate of drug-likeness (QED) is 0.852. The lowest BCUT2D eigenvalue weighted by atomic mass is 10.2. The third kappa shape index (κ3) is 3.46. The average Bonchev–Trinajstić information content (AvgIpc) is 3.13. The van der Waals surface area contributed by atoms with Crippen molar-refractivity contribution in [3.05, 3.63) is 50.6 Å². The van der Waals surface area contributed by atoms with Crippen molar-refractivity contribution in [3.63, 3.8) is 0 Å². The molecule has 0 radical (unpaired) electrons. The van der Waals surface area contributed by atoms with E-state index in [0.717, 1.165) is 19.4 Å². The summed E-state index contributed by atoms with van der Waals surface area (Å²) >= 11 is 13.9. The second-order valence-electron chi connectivity index (χ2n) is 5.29. The molecule has 1 N–H and O–H groups in total. The molecule has 0 spiro atoms. The highest BCUT2D eigenvalue weighted by atomic mass is 35.5. The molecular weight excluding hydrogens is 339 g/mol. The largest absolute Gasteiger partial charge is 0.322 e. The first-order valence-electron chi connectivity index (χ1n) is 7.16. The van der Waals surface area contributed by atoms with Gasteiger partial charge in [0.1, 0.15) is 0 Å². The predicted octanol–water partition coefficient (Wildman–Crippen LogP) is 4.83. The Bertz CT molecular complexity index is 640. The summed E-state index contributed by atoms with van der Waals surface area (Å²) < 4.78 is 0. The van der Waals surface area contributed by atoms with Gasteiger partial charge >= 0.3 is 0 Å². The molecule has 0 bridgehead atoms. The molecule has 1 aromatic heterocycles. The van der Waals surface area contributed by atoms with Crippen LogP contribution in [0.4, 0.5) is 5.69 Å². The highest BCUT2D eigenvalue weighted by Gasteiger charge is 2.28. The van der Waals surface area contributed by atoms with Crippen LogP contribution in [-0.4, -0.2) is 23.9 Å². The lowest BCUT2D eigenvalue weighted by molar-refractivity contribution is -0.117. The van der Waals surface area contributed by atoms with Crippen molar-refractivity contribution in [2.75, 3.05) is 18.4 Å². The first kappa shape index (κ1) is 15.8. The standard InChI is InChI=1S/C16H16Cl2N2OS/c17-11-4-1-5-12(18)16(11)19-15(21)10-20-8-2-6-13(20)14-7-3-9-22-14/h1,3-5,7,9,13H,2,6,8,10H2,(H,19,21)/t13-/m1/s1. The molecule has 0 saturated carbocycles. The summed E-state index contributed by atoms with van der Waals surface area (Å²) in [4.78, 5) is 15.9. The minimum absolute atomic E-state index is 0.0848. The molecule has 1 aliphatic heterocycles. The van der Waals surface area contributed by atoms with Crippen LogP contribution in [0.3, 0.4) is 0 Å². The van der Waals surface area contributed by atoms with Gasteiger partial charge < -0.3 is 5.32 Å². The van der Waals surface area contributed by atoms with E-state index < -0.39 is 0 Å². The van der Waals surface area contributed by atoms with Crippen LogP contribution in [0.15, 0.2) is 35.7 Å². The molecule has 1 atom stereocenters. The van der Waals surface area contributed by atoms with Gasteiger partial charge in [-0.15, -0.1) is 11.3 Å². The molecular formula is C16H16Cl2N2OS. The van der Waals surface area contributed by atoms with Crippen molar-refractivity contribution in [3.8, 4) is 0 Å². The molecule has 1 aromatic carbocycles. The van der Waals surface area contributed by atoms with Gasteiger partial charge in [-0.1, -0.05) is 35.3 Å². The number of nitrogens with zero attached hydrogens (tertiary/aromatic N) is 1. The summed E-state index contributed by atoms with van der Waals surface area (Å²) in [6.07, 6.45) is 2.21. The van der Waals surface area contributed by atoms with Crippen molar-refractivity contribution in [1.82, 2.24) is 4.90 Å². The van der Waals surface area contributed by atoms with E-state index >= 15 is 0 Å². The van der Waals surface area contributed by atoms with Gasteiger partial charge in [0.15, 0.2) is 0 Å². The maximum absolute atomic E-state index is 12.3. The molecule has 0 unspecified atom stereocenters. The van der Waals surface area contributed by atoms with Crippen LogP contribution in [0.5, 0.6) is 0 Å². The van der Waals surface area contributed by atoms with Crippen LogP contribution in [0.2, 0.25) is 10.0 Å². The van der Waals surface area contributed by atoms with Crippen LogP contribution in [0.25, 0.3) is 0 Å². The van der Waals surface area contributed by atoms with Crippen LogP contribution in [-0.2, 0) is 4.79 Å². The number of hydrogen-bond acceptors (Lipinski definition) is 3. The molecule has 6 heteroatoms. The first-order valence-corrected chi connectivity index (χ1v) is 8.80. The Hall–Kier alpha value is -1.07. The van der Waals surface area contributed by atoms with E-state index in [1.807, 2.05) is 0 Å². The fourth-order valence-corrected chi connectivity index (χ4v) is 4.19. The van der Waals surface area contributed by atoms with Gasteiger partial charge in [0.05, 0.1) is 22.3 Å². The molecule has 2 aromatic rings. The van der Waals surface area contributed by atoms with Crippen LogP contribution in [0.1, 0.15) is 23.8 Å². The Labute approximate surface area is 143 Å². The molecule has 0 aliphatic carbocycles. The molecule has 1 fully saturated rings. The van der Waals surface area contributed by atoms with Gasteiger partial charge in [-0.05, 0) is 43.0 Å². The summed E-state index contributed by atoms with van der Waals surface area (Å²) in [5.74, 6) is -0.0848. The maximum Gasteiger partial charge on any atom is 0.238 e.